The normalized spacial score (nSPS) is 19.1. The van der Waals surface area contributed by atoms with Gasteiger partial charge in [-0.05, 0) is 39.0 Å². The van der Waals surface area contributed by atoms with E-state index in [9.17, 15) is 24.0 Å². The Hall–Kier alpha value is -1.17. The molecule has 1 rings (SSSR count). The highest BCUT2D eigenvalue weighted by Gasteiger charge is 2.41. The molecule has 0 bridgehead atoms. The maximum absolute atomic E-state index is 12.6. The molecule has 1 aliphatic heterocycles. The highest BCUT2D eigenvalue weighted by Crippen LogP contribution is 2.41. The molecule has 0 aromatic rings. The zero-order valence-corrected chi connectivity index (χ0v) is 22.6. The van der Waals surface area contributed by atoms with Crippen LogP contribution >= 0.6 is 34.4 Å². The van der Waals surface area contributed by atoms with Gasteiger partial charge in [-0.3, -0.25) is 28.9 Å². The van der Waals surface area contributed by atoms with E-state index < -0.39 is 6.04 Å². The summed E-state index contributed by atoms with van der Waals surface area (Å²) in [5.74, 6) is -1.09. The lowest BCUT2D eigenvalue weighted by Crippen LogP contribution is -2.50. The van der Waals surface area contributed by atoms with Gasteiger partial charge in [-0.25, -0.2) is 0 Å². The van der Waals surface area contributed by atoms with E-state index in [1.807, 2.05) is 13.8 Å². The van der Waals surface area contributed by atoms with E-state index in [1.165, 1.54) is 11.8 Å². The average molecular weight is 582 g/mol. The third-order valence-corrected chi connectivity index (χ3v) is 8.24. The van der Waals surface area contributed by atoms with Crippen molar-refractivity contribution in [2.24, 2.45) is 5.92 Å². The number of unbranched alkanes of at least 4 members (excludes halogenated alkanes) is 2. The fourth-order valence-electron chi connectivity index (χ4n) is 3.19. The number of likely N-dealkylation sites (tertiary alicyclic amines) is 1. The van der Waals surface area contributed by atoms with Crippen LogP contribution in [0.15, 0.2) is 0 Å². The first-order valence-corrected chi connectivity index (χ1v) is 13.1. The lowest BCUT2D eigenvalue weighted by molar-refractivity contribution is -0.138. The number of Topliss-reactive ketones (excluding diaryl/α,β-unsaturated/α-hetero) is 1. The molecular weight excluding hydrogens is 545 g/mol. The second kappa shape index (κ2) is 13.5. The molecule has 8 nitrogen and oxygen atoms in total. The van der Waals surface area contributed by atoms with E-state index in [0.717, 1.165) is 6.42 Å². The van der Waals surface area contributed by atoms with Crippen molar-refractivity contribution in [2.45, 2.75) is 87.2 Å². The van der Waals surface area contributed by atoms with Crippen LogP contribution in [0.2, 0.25) is 0 Å². The van der Waals surface area contributed by atoms with Crippen LogP contribution in [-0.2, 0) is 24.0 Å². The summed E-state index contributed by atoms with van der Waals surface area (Å²) in [7, 11) is 0. The second-order valence-corrected chi connectivity index (χ2v) is 13.5. The lowest BCUT2D eigenvalue weighted by Gasteiger charge is -2.23. The van der Waals surface area contributed by atoms with Crippen LogP contribution in [0, 0.1) is 5.92 Å². The van der Waals surface area contributed by atoms with E-state index >= 15 is 0 Å². The summed E-state index contributed by atoms with van der Waals surface area (Å²) < 4.78 is -0.0709. The van der Waals surface area contributed by atoms with E-state index in [0.29, 0.717) is 25.8 Å². The zero-order chi connectivity index (χ0) is 24.5. The average Bonchev–Trinajstić information content (AvgIpc) is 2.96. The Morgan fingerprint density at radius 2 is 1.88 bits per heavy atom. The van der Waals surface area contributed by atoms with Gasteiger partial charge in [0.05, 0.1) is 14.5 Å². The number of hydrogen-bond acceptors (Lipinski definition) is 6. The number of rotatable bonds is 14. The van der Waals surface area contributed by atoms with Gasteiger partial charge in [0, 0.05) is 19.4 Å². The molecule has 1 fully saturated rings. The van der Waals surface area contributed by atoms with Gasteiger partial charge in [0.1, 0.15) is 11.8 Å². The predicted octanol–water partition coefficient (Wildman–Crippen LogP) is 2.81. The Labute approximate surface area is 208 Å². The highest BCUT2D eigenvalue weighted by molar-refractivity contribution is 14.1. The number of carbonyl (C=O) groups excluding carboxylic acids is 5. The first-order chi connectivity index (χ1) is 14.9. The minimum atomic E-state index is -0.692. The first kappa shape index (κ1) is 28.9. The van der Waals surface area contributed by atoms with E-state index in [-0.39, 0.29) is 62.7 Å². The predicted molar refractivity (Wildman–Crippen MR) is 134 cm³/mol. The molecule has 10 heteroatoms. The van der Waals surface area contributed by atoms with Crippen molar-refractivity contribution in [3.8, 4) is 0 Å². The van der Waals surface area contributed by atoms with E-state index in [1.54, 1.807) is 11.8 Å². The third-order valence-electron chi connectivity index (χ3n) is 5.28. The molecule has 32 heavy (non-hydrogen) atoms. The van der Waals surface area contributed by atoms with Crippen LogP contribution in [0.1, 0.15) is 73.1 Å². The Balaban J connectivity index is 2.38. The number of halogens is 1. The molecule has 0 saturated carbocycles. The maximum Gasteiger partial charge on any atom is 0.243 e. The van der Waals surface area contributed by atoms with Gasteiger partial charge < -0.3 is 10.6 Å². The molecule has 2 N–H and O–H groups in total. The summed E-state index contributed by atoms with van der Waals surface area (Å²) in [6, 6.07) is -0.692. The van der Waals surface area contributed by atoms with Crippen molar-refractivity contribution >= 4 is 63.8 Å². The molecule has 1 heterocycles. The molecule has 0 aromatic heterocycles. The molecule has 0 aliphatic carbocycles. The number of amides is 4. The number of imide groups is 1. The third kappa shape index (κ3) is 9.76. The quantitative estimate of drug-likeness (QED) is 0.141. The fourth-order valence-corrected chi connectivity index (χ4v) is 5.33. The summed E-state index contributed by atoms with van der Waals surface area (Å²) in [5.41, 5.74) is 0. The Morgan fingerprint density at radius 3 is 2.44 bits per heavy atom. The van der Waals surface area contributed by atoms with Gasteiger partial charge in [0.15, 0.2) is 0 Å². The number of hydrogen-bond donors (Lipinski definition) is 2. The monoisotopic (exact) mass is 581 g/mol. The van der Waals surface area contributed by atoms with Gasteiger partial charge in [-0.15, -0.1) is 11.8 Å². The number of nitrogens with zero attached hydrogens (tertiary/aromatic N) is 1. The molecule has 1 saturated heterocycles. The number of thioether (sulfide) groups is 1. The summed E-state index contributed by atoms with van der Waals surface area (Å²) in [6.45, 7) is 9.50. The van der Waals surface area contributed by atoms with Crippen LogP contribution in [0.5, 0.6) is 0 Å². The number of alkyl halides is 1. The molecule has 0 radical (unpaired) electrons. The lowest BCUT2D eigenvalue weighted by atomic mass is 10.0. The zero-order valence-electron chi connectivity index (χ0n) is 19.7. The van der Waals surface area contributed by atoms with E-state index in [2.05, 4.69) is 47.1 Å². The summed E-state index contributed by atoms with van der Waals surface area (Å²) in [6.07, 6.45) is 3.37. The van der Waals surface area contributed by atoms with Crippen molar-refractivity contribution in [1.82, 2.24) is 15.5 Å². The molecule has 0 spiro atoms. The Bertz CT molecular complexity index is 714. The van der Waals surface area contributed by atoms with E-state index in [4.69, 9.17) is 0 Å². The molecule has 1 aliphatic rings. The van der Waals surface area contributed by atoms with Crippen molar-refractivity contribution < 1.29 is 24.0 Å². The van der Waals surface area contributed by atoms with Crippen molar-refractivity contribution in [1.29, 1.82) is 0 Å². The number of carbonyl (C=O) groups is 5. The SMILES string of the molecule is CCC(C)(I)SC1CC(=O)N(CCCCCC(=O)N[C@H](C(=O)NCC(C)=O)C(C)C)C1=O. The van der Waals surface area contributed by atoms with Gasteiger partial charge >= 0.3 is 0 Å². The van der Waals surface area contributed by atoms with Gasteiger partial charge in [-0.2, -0.15) is 0 Å². The topological polar surface area (TPSA) is 113 Å². The fraction of sp³-hybridized carbons (Fsp3) is 0.773. The smallest absolute Gasteiger partial charge is 0.243 e. The minimum absolute atomic E-state index is 0.0548. The van der Waals surface area contributed by atoms with Crippen LogP contribution < -0.4 is 10.6 Å². The molecule has 3 atom stereocenters. The maximum atomic E-state index is 12.6. The van der Waals surface area contributed by atoms with Crippen LogP contribution in [0.25, 0.3) is 0 Å². The first-order valence-electron chi connectivity index (χ1n) is 11.2. The molecule has 0 aromatic carbocycles. The molecular formula is C22H36IN3O5S. The summed E-state index contributed by atoms with van der Waals surface area (Å²) >= 11 is 3.88. The van der Waals surface area contributed by atoms with Crippen molar-refractivity contribution in [2.75, 3.05) is 13.1 Å². The highest BCUT2D eigenvalue weighted by atomic mass is 127. The molecule has 2 unspecified atom stereocenters. The molecule has 4 amide bonds. The van der Waals surface area contributed by atoms with Crippen LogP contribution in [0.3, 0.4) is 0 Å². The largest absolute Gasteiger partial charge is 0.347 e. The second-order valence-electron chi connectivity index (χ2n) is 8.67. The van der Waals surface area contributed by atoms with Crippen molar-refractivity contribution in [3.63, 3.8) is 0 Å². The minimum Gasteiger partial charge on any atom is -0.347 e. The summed E-state index contributed by atoms with van der Waals surface area (Å²) in [4.78, 5) is 61.7. The van der Waals surface area contributed by atoms with Crippen LogP contribution in [-0.4, -0.2) is 61.4 Å². The number of ketones is 1. The number of nitrogens with one attached hydrogen (secondary N) is 2. The van der Waals surface area contributed by atoms with Gasteiger partial charge in [0.2, 0.25) is 23.6 Å². The van der Waals surface area contributed by atoms with Gasteiger partial charge in [-0.1, -0.05) is 49.8 Å². The standard InChI is InChI=1S/C22H36IN3O5S/c1-6-22(5,23)32-16-12-18(29)26(21(16)31)11-9-7-8-10-17(28)25-19(14(2)3)20(30)24-13-15(4)27/h14,16,19H,6-13H2,1-5H3,(H,24,30)(H,25,28)/t16?,19-,22?/m0/s1. The van der Waals surface area contributed by atoms with Crippen molar-refractivity contribution in [3.05, 3.63) is 0 Å². The Kier molecular flexibility index (Phi) is 12.2. The Morgan fingerprint density at radius 1 is 1.22 bits per heavy atom. The van der Waals surface area contributed by atoms with Gasteiger partial charge in [0.25, 0.3) is 0 Å². The van der Waals surface area contributed by atoms with Crippen LogP contribution in [0.4, 0.5) is 0 Å². The summed E-state index contributed by atoms with van der Waals surface area (Å²) in [5, 5.41) is 4.96. The molecule has 182 valence electrons.